The van der Waals surface area contributed by atoms with E-state index in [-0.39, 0.29) is 46.5 Å². The van der Waals surface area contributed by atoms with Crippen LogP contribution in [0, 0.1) is 0 Å². The average molecular weight is 554 g/mol. The summed E-state index contributed by atoms with van der Waals surface area (Å²) in [6, 6.07) is 35.8. The number of benzene rings is 8. The Morgan fingerprint density at radius 1 is 0.419 bits per heavy atom. The van der Waals surface area contributed by atoms with Crippen LogP contribution in [-0.2, 0) is 0 Å². The standard InChI is InChI=1S/C42H26O/c1-2-16-30-27(12-1)13-10-22-31(30)28-14-9-15-29(26-28)40-32-17-3-5-19-34(32)41(35-20-6-4-18-33(35)40)37-23-11-25-39-42(37)36-21-7-8-24-38(36)43-39/h1-26H/i1D,2D,10D,12D,13D,16D,22D. The van der Waals surface area contributed by atoms with Crippen LogP contribution in [0.1, 0.15) is 9.60 Å². The molecule has 0 aliphatic heterocycles. The fraction of sp³-hybridized carbons (Fsp3) is 0. The van der Waals surface area contributed by atoms with Gasteiger partial charge in [-0.05, 0) is 83.9 Å². The van der Waals surface area contributed by atoms with Crippen LogP contribution in [0.2, 0.25) is 0 Å². The van der Waals surface area contributed by atoms with Crippen LogP contribution >= 0.6 is 0 Å². The van der Waals surface area contributed by atoms with Gasteiger partial charge in [-0.3, -0.25) is 0 Å². The van der Waals surface area contributed by atoms with Crippen molar-refractivity contribution in [3.05, 3.63) is 158 Å². The Morgan fingerprint density at radius 3 is 1.81 bits per heavy atom. The Kier molecular flexibility index (Phi) is 3.95. The molecule has 0 bridgehead atoms. The second kappa shape index (κ2) is 9.44. The minimum Gasteiger partial charge on any atom is -0.456 e. The third-order valence-corrected chi connectivity index (χ3v) is 8.36. The van der Waals surface area contributed by atoms with Crippen molar-refractivity contribution < 1.29 is 14.0 Å². The SMILES string of the molecule is [2H]c1c([2H])c([2H])c2c(-c3cccc(-c4c5ccccc5c(-c5cccc6oc7ccccc7c56)c5ccccc45)c3)c([2H])c([2H])c([2H])c2c1[2H]. The molecular weight excluding hydrogens is 520 g/mol. The number of hydrogen-bond donors (Lipinski definition) is 0. The third kappa shape index (κ3) is 3.65. The average Bonchev–Trinajstić information content (AvgIpc) is 3.53. The van der Waals surface area contributed by atoms with Gasteiger partial charge < -0.3 is 4.42 Å². The first-order valence-electron chi connectivity index (χ1n) is 17.7. The number of para-hydroxylation sites is 1. The zero-order valence-electron chi connectivity index (χ0n) is 29.9. The summed E-state index contributed by atoms with van der Waals surface area (Å²) in [7, 11) is 0. The lowest BCUT2D eigenvalue weighted by Crippen LogP contribution is -1.91. The summed E-state index contributed by atoms with van der Waals surface area (Å²) in [6.07, 6.45) is 0. The van der Waals surface area contributed by atoms with E-state index in [1.54, 1.807) is 6.07 Å². The summed E-state index contributed by atoms with van der Waals surface area (Å²) in [5.41, 5.74) is 6.37. The molecule has 0 fully saturated rings. The van der Waals surface area contributed by atoms with Crippen LogP contribution in [-0.4, -0.2) is 0 Å². The first kappa shape index (κ1) is 18.0. The first-order chi connectivity index (χ1) is 24.3. The van der Waals surface area contributed by atoms with Gasteiger partial charge in [0.25, 0.3) is 0 Å². The lowest BCUT2D eigenvalue weighted by Gasteiger charge is -2.19. The molecule has 0 saturated heterocycles. The maximum absolute atomic E-state index is 8.95. The fourth-order valence-electron chi connectivity index (χ4n) is 6.57. The summed E-state index contributed by atoms with van der Waals surface area (Å²) in [4.78, 5) is 0. The number of hydrogen-bond acceptors (Lipinski definition) is 1. The Bertz CT molecular complexity index is 2840. The van der Waals surface area contributed by atoms with Gasteiger partial charge in [-0.25, -0.2) is 0 Å². The van der Waals surface area contributed by atoms with E-state index < -0.39 is 12.1 Å². The largest absolute Gasteiger partial charge is 0.456 e. The molecule has 1 aromatic heterocycles. The Hall–Kier alpha value is -5.66. The van der Waals surface area contributed by atoms with Gasteiger partial charge in [0.05, 0.1) is 9.60 Å². The van der Waals surface area contributed by atoms with Gasteiger partial charge in [0.15, 0.2) is 0 Å². The summed E-state index contributed by atoms with van der Waals surface area (Å²) in [6.45, 7) is 0. The smallest absolute Gasteiger partial charge is 0.136 e. The van der Waals surface area contributed by atoms with Crippen LogP contribution in [0.3, 0.4) is 0 Å². The van der Waals surface area contributed by atoms with Crippen molar-refractivity contribution in [2.24, 2.45) is 0 Å². The zero-order valence-corrected chi connectivity index (χ0v) is 22.9. The maximum Gasteiger partial charge on any atom is 0.136 e. The summed E-state index contributed by atoms with van der Waals surface area (Å²) in [5, 5.41) is 6.26. The molecule has 1 heterocycles. The minimum absolute atomic E-state index is 0.0569. The minimum atomic E-state index is -0.468. The van der Waals surface area contributed by atoms with E-state index in [9.17, 15) is 0 Å². The normalized spacial score (nSPS) is 14.0. The van der Waals surface area contributed by atoms with Crippen LogP contribution in [0.15, 0.2) is 162 Å². The number of fused-ring (bicyclic) bond motifs is 6. The molecule has 0 radical (unpaired) electrons. The Morgan fingerprint density at radius 2 is 1.02 bits per heavy atom. The van der Waals surface area contributed by atoms with E-state index in [2.05, 4.69) is 36.4 Å². The summed E-state index contributed by atoms with van der Waals surface area (Å²) < 4.78 is 66.4. The van der Waals surface area contributed by atoms with Crippen molar-refractivity contribution in [1.82, 2.24) is 0 Å². The van der Waals surface area contributed by atoms with Crippen molar-refractivity contribution in [2.45, 2.75) is 0 Å². The maximum atomic E-state index is 8.95. The van der Waals surface area contributed by atoms with Gasteiger partial charge in [-0.15, -0.1) is 0 Å². The fourth-order valence-corrected chi connectivity index (χ4v) is 6.57. The molecule has 0 atom stereocenters. The monoisotopic (exact) mass is 553 g/mol. The van der Waals surface area contributed by atoms with Crippen molar-refractivity contribution in [3.8, 4) is 33.4 Å². The second-order valence-electron chi connectivity index (χ2n) is 10.7. The molecule has 0 amide bonds. The second-order valence-corrected chi connectivity index (χ2v) is 10.7. The quantitative estimate of drug-likeness (QED) is 0.198. The summed E-state index contributed by atoms with van der Waals surface area (Å²) >= 11 is 0. The molecule has 0 N–H and O–H groups in total. The van der Waals surface area contributed by atoms with Gasteiger partial charge in [0.1, 0.15) is 11.2 Å². The topological polar surface area (TPSA) is 13.1 Å². The zero-order chi connectivity index (χ0) is 34.4. The van der Waals surface area contributed by atoms with Gasteiger partial charge in [-0.1, -0.05) is 139 Å². The molecule has 1 nitrogen and oxygen atoms in total. The molecule has 0 saturated carbocycles. The highest BCUT2D eigenvalue weighted by molar-refractivity contribution is 6.25. The van der Waals surface area contributed by atoms with Crippen LogP contribution in [0.5, 0.6) is 0 Å². The van der Waals surface area contributed by atoms with E-state index in [0.29, 0.717) is 5.56 Å². The predicted molar refractivity (Wildman–Crippen MR) is 183 cm³/mol. The van der Waals surface area contributed by atoms with Gasteiger partial charge >= 0.3 is 0 Å². The molecule has 0 spiro atoms. The Balaban J connectivity index is 1.37. The molecule has 8 aromatic carbocycles. The van der Waals surface area contributed by atoms with Crippen molar-refractivity contribution >= 4 is 54.3 Å². The highest BCUT2D eigenvalue weighted by Gasteiger charge is 2.20. The first-order valence-corrected chi connectivity index (χ1v) is 14.2. The lowest BCUT2D eigenvalue weighted by atomic mass is 9.84. The third-order valence-electron chi connectivity index (χ3n) is 8.36. The molecule has 200 valence electrons. The van der Waals surface area contributed by atoms with Gasteiger partial charge in [0, 0.05) is 10.8 Å². The molecule has 0 aliphatic carbocycles. The molecule has 0 aliphatic rings. The molecule has 0 unspecified atom stereocenters. The van der Waals surface area contributed by atoms with E-state index in [1.165, 1.54) is 0 Å². The molecule has 43 heavy (non-hydrogen) atoms. The van der Waals surface area contributed by atoms with Crippen LogP contribution in [0.4, 0.5) is 0 Å². The number of rotatable bonds is 3. The van der Waals surface area contributed by atoms with Crippen molar-refractivity contribution in [2.75, 3.05) is 0 Å². The lowest BCUT2D eigenvalue weighted by molar-refractivity contribution is 0.669. The number of furan rings is 1. The summed E-state index contributed by atoms with van der Waals surface area (Å²) in [5.74, 6) is 0. The Labute approximate surface area is 259 Å². The van der Waals surface area contributed by atoms with E-state index >= 15 is 0 Å². The van der Waals surface area contributed by atoms with E-state index in [1.807, 2.05) is 72.8 Å². The molecular formula is C42H26O. The van der Waals surface area contributed by atoms with Gasteiger partial charge in [-0.2, -0.15) is 0 Å². The van der Waals surface area contributed by atoms with Gasteiger partial charge in [0.2, 0.25) is 0 Å². The molecule has 1 heteroatoms. The molecule has 9 aromatic rings. The predicted octanol–water partition coefficient (Wildman–Crippen LogP) is 12.0. The molecule has 9 rings (SSSR count). The van der Waals surface area contributed by atoms with E-state index in [0.717, 1.165) is 65.7 Å². The van der Waals surface area contributed by atoms with Crippen molar-refractivity contribution in [3.63, 3.8) is 0 Å². The highest BCUT2D eigenvalue weighted by Crippen LogP contribution is 2.47. The highest BCUT2D eigenvalue weighted by atomic mass is 16.3. The van der Waals surface area contributed by atoms with Crippen molar-refractivity contribution in [1.29, 1.82) is 0 Å². The van der Waals surface area contributed by atoms with Crippen LogP contribution < -0.4 is 0 Å². The van der Waals surface area contributed by atoms with Crippen LogP contribution in [0.25, 0.3) is 87.6 Å². The van der Waals surface area contributed by atoms with E-state index in [4.69, 9.17) is 14.0 Å².